The third kappa shape index (κ3) is 5.97. The van der Waals surface area contributed by atoms with Gasteiger partial charge in [0.05, 0.1) is 19.3 Å². The quantitative estimate of drug-likeness (QED) is 0.127. The molecule has 1 saturated heterocycles. The molecule has 1 heterocycles. The van der Waals surface area contributed by atoms with Gasteiger partial charge in [-0.25, -0.2) is 9.45 Å². The molecule has 0 aromatic rings. The first-order valence-corrected chi connectivity index (χ1v) is 9.05. The van der Waals surface area contributed by atoms with Crippen molar-refractivity contribution in [2.75, 3.05) is 13.2 Å². The van der Waals surface area contributed by atoms with Crippen molar-refractivity contribution in [2.24, 2.45) is 5.92 Å². The molecule has 13 heteroatoms. The normalized spacial score (nSPS) is 34.6. The molecule has 6 atom stereocenters. The molecular weight excluding hydrogens is 363 g/mol. The van der Waals surface area contributed by atoms with Crippen LogP contribution < -0.4 is 10.6 Å². The highest BCUT2D eigenvalue weighted by Gasteiger charge is 2.51. The van der Waals surface area contributed by atoms with Gasteiger partial charge >= 0.3 is 7.82 Å². The zero-order valence-electron chi connectivity index (χ0n) is 13.3. The predicted molar refractivity (Wildman–Crippen MR) is 78.8 cm³/mol. The van der Waals surface area contributed by atoms with Crippen LogP contribution in [-0.2, 0) is 33.0 Å². The Hall–Kier alpha value is -1.11. The van der Waals surface area contributed by atoms with E-state index in [2.05, 4.69) is 20.0 Å². The summed E-state index contributed by atoms with van der Waals surface area (Å²) < 4.78 is 26.5. The molecule has 12 nitrogen and oxygen atoms in total. The van der Waals surface area contributed by atoms with E-state index >= 15 is 0 Å². The highest BCUT2D eigenvalue weighted by molar-refractivity contribution is 7.46. The number of phosphoric acid groups is 1. The highest BCUT2D eigenvalue weighted by atomic mass is 31.2. The van der Waals surface area contributed by atoms with E-state index in [-0.39, 0.29) is 18.6 Å². The number of ether oxygens (including phenoxy) is 2. The molecule has 1 saturated carbocycles. The summed E-state index contributed by atoms with van der Waals surface area (Å²) in [6, 6.07) is 0. The number of nitrogens with one attached hydrogen (secondary N) is 2. The maximum absolute atomic E-state index is 11.7. The van der Waals surface area contributed by atoms with Crippen molar-refractivity contribution >= 4 is 20.1 Å². The van der Waals surface area contributed by atoms with Crippen molar-refractivity contribution in [2.45, 2.75) is 44.0 Å². The van der Waals surface area contributed by atoms with Gasteiger partial charge in [0.1, 0.15) is 12.2 Å². The first-order valence-electron chi connectivity index (χ1n) is 7.52. The van der Waals surface area contributed by atoms with Gasteiger partial charge < -0.3 is 29.9 Å². The monoisotopic (exact) mass is 384 g/mol. The van der Waals surface area contributed by atoms with Crippen LogP contribution in [-0.4, -0.2) is 71.2 Å². The Bertz CT molecular complexity index is 528. The number of phosphoric ester groups is 1. The Labute approximate surface area is 142 Å². The molecule has 1 aliphatic heterocycles. The van der Waals surface area contributed by atoms with Crippen LogP contribution >= 0.6 is 7.82 Å². The van der Waals surface area contributed by atoms with Gasteiger partial charge in [0, 0.05) is 0 Å². The van der Waals surface area contributed by atoms with Gasteiger partial charge in [0.15, 0.2) is 12.3 Å². The van der Waals surface area contributed by atoms with E-state index in [1.54, 1.807) is 0 Å². The minimum absolute atomic E-state index is 0.116. The molecule has 25 heavy (non-hydrogen) atoms. The fourth-order valence-corrected chi connectivity index (χ4v) is 2.79. The van der Waals surface area contributed by atoms with Gasteiger partial charge in [-0.05, 0) is 12.3 Å². The second kappa shape index (κ2) is 8.52. The highest BCUT2D eigenvalue weighted by Crippen LogP contribution is 2.40. The fraction of sp³-hybridized carbons (Fsp3) is 0.833. The topological polar surface area (TPSA) is 173 Å². The molecule has 0 spiro atoms. The molecule has 2 aliphatic rings. The molecule has 0 radical (unpaired) electrons. The number of amides is 2. The Morgan fingerprint density at radius 2 is 2.08 bits per heavy atom. The summed E-state index contributed by atoms with van der Waals surface area (Å²) in [5.41, 5.74) is 0. The number of carbonyl (C=O) groups is 2. The lowest BCUT2D eigenvalue weighted by Gasteiger charge is -2.22. The summed E-state index contributed by atoms with van der Waals surface area (Å²) in [5, 5.41) is 13.7. The zero-order valence-corrected chi connectivity index (χ0v) is 14.2. The molecule has 144 valence electrons. The second-order valence-corrected chi connectivity index (χ2v) is 7.11. The molecule has 2 fully saturated rings. The number of rotatable bonds is 10. The third-order valence-corrected chi connectivity index (χ3v) is 4.34. The van der Waals surface area contributed by atoms with Gasteiger partial charge in [-0.2, -0.15) is 0 Å². The average molecular weight is 384 g/mol. The second-order valence-electron chi connectivity index (χ2n) is 5.87. The molecule has 0 aromatic heterocycles. The van der Waals surface area contributed by atoms with E-state index in [4.69, 9.17) is 24.5 Å². The number of carbonyl (C=O) groups excluding carboxylic acids is 2. The Kier molecular flexibility index (Phi) is 6.88. The summed E-state index contributed by atoms with van der Waals surface area (Å²) in [7, 11) is -4.74. The smallest absolute Gasteiger partial charge is 0.369 e. The van der Waals surface area contributed by atoms with Crippen LogP contribution in [0.3, 0.4) is 0 Å². The Morgan fingerprint density at radius 3 is 2.60 bits per heavy atom. The summed E-state index contributed by atoms with van der Waals surface area (Å²) in [4.78, 5) is 43.9. The largest absolute Gasteiger partial charge is 0.469 e. The zero-order chi connectivity index (χ0) is 18.6. The van der Waals surface area contributed by atoms with Crippen molar-refractivity contribution in [3.05, 3.63) is 0 Å². The fourth-order valence-electron chi connectivity index (χ4n) is 2.45. The van der Waals surface area contributed by atoms with Gasteiger partial charge in [-0.15, -0.1) is 0 Å². The minimum Gasteiger partial charge on any atom is -0.369 e. The summed E-state index contributed by atoms with van der Waals surface area (Å²) in [6.45, 7) is 1.09. The molecule has 2 amide bonds. The van der Waals surface area contributed by atoms with Crippen LogP contribution in [0.5, 0.6) is 0 Å². The van der Waals surface area contributed by atoms with E-state index < -0.39 is 44.9 Å². The first-order chi connectivity index (χ1) is 11.7. The van der Waals surface area contributed by atoms with Crippen LogP contribution in [0.15, 0.2) is 0 Å². The lowest BCUT2D eigenvalue weighted by atomic mass is 10.1. The van der Waals surface area contributed by atoms with Crippen molar-refractivity contribution in [1.29, 1.82) is 0 Å². The SMILES string of the molecule is CC1CC1OC1C(COP(=O)(O)O)OC(NC(=O)CNC=O)C1OO. The number of hydrogen-bond donors (Lipinski definition) is 5. The Balaban J connectivity index is 2.03. The molecular formula is C12H21N2O10P. The molecule has 5 N–H and O–H groups in total. The van der Waals surface area contributed by atoms with Crippen molar-refractivity contribution < 1.29 is 48.1 Å². The predicted octanol–water partition coefficient (Wildman–Crippen LogP) is -1.67. The third-order valence-electron chi connectivity index (χ3n) is 3.86. The van der Waals surface area contributed by atoms with Crippen molar-refractivity contribution in [3.63, 3.8) is 0 Å². The van der Waals surface area contributed by atoms with Crippen LogP contribution in [0.1, 0.15) is 13.3 Å². The van der Waals surface area contributed by atoms with E-state index in [0.29, 0.717) is 6.41 Å². The van der Waals surface area contributed by atoms with Crippen LogP contribution in [0.4, 0.5) is 0 Å². The molecule has 0 aromatic carbocycles. The van der Waals surface area contributed by atoms with Gasteiger partial charge in [0.2, 0.25) is 12.3 Å². The Morgan fingerprint density at radius 1 is 1.40 bits per heavy atom. The van der Waals surface area contributed by atoms with E-state index in [1.165, 1.54) is 0 Å². The number of hydrogen-bond acceptors (Lipinski definition) is 8. The van der Waals surface area contributed by atoms with Crippen LogP contribution in [0, 0.1) is 5.92 Å². The lowest BCUT2D eigenvalue weighted by Crippen LogP contribution is -2.48. The molecule has 6 unspecified atom stereocenters. The van der Waals surface area contributed by atoms with Crippen molar-refractivity contribution in [1.82, 2.24) is 10.6 Å². The maximum Gasteiger partial charge on any atom is 0.469 e. The lowest BCUT2D eigenvalue weighted by molar-refractivity contribution is -0.303. The minimum atomic E-state index is -4.74. The van der Waals surface area contributed by atoms with E-state index in [1.807, 2.05) is 6.92 Å². The van der Waals surface area contributed by atoms with E-state index in [0.717, 1.165) is 6.42 Å². The standard InChI is InChI=1S/C12H21N2O10P/c1-6-2-7(6)22-10-8(4-21-25(18,19)20)23-12(11(10)24-17)14-9(16)3-13-5-15/h5-8,10-12,17H,2-4H2,1H3,(H,13,15)(H,14,16)(H2,18,19,20). The van der Waals surface area contributed by atoms with Crippen LogP contribution in [0.25, 0.3) is 0 Å². The van der Waals surface area contributed by atoms with Crippen molar-refractivity contribution in [3.8, 4) is 0 Å². The molecule has 1 aliphatic carbocycles. The summed E-state index contributed by atoms with van der Waals surface area (Å²) >= 11 is 0. The van der Waals surface area contributed by atoms with Gasteiger partial charge in [0.25, 0.3) is 0 Å². The maximum atomic E-state index is 11.7. The van der Waals surface area contributed by atoms with Crippen LogP contribution in [0.2, 0.25) is 0 Å². The molecule has 2 rings (SSSR count). The molecule has 0 bridgehead atoms. The van der Waals surface area contributed by atoms with Gasteiger partial charge in [-0.1, -0.05) is 6.92 Å². The van der Waals surface area contributed by atoms with E-state index in [9.17, 15) is 14.2 Å². The first kappa shape index (κ1) is 20.2. The summed E-state index contributed by atoms with van der Waals surface area (Å²) in [6.07, 6.45) is -3.21. The average Bonchev–Trinajstić information content (AvgIpc) is 3.12. The van der Waals surface area contributed by atoms with Gasteiger partial charge in [-0.3, -0.25) is 19.4 Å². The summed E-state index contributed by atoms with van der Waals surface area (Å²) in [5.74, 6) is -0.331.